The van der Waals surface area contributed by atoms with Gasteiger partial charge in [0.2, 0.25) is 5.91 Å². The zero-order chi connectivity index (χ0) is 25.2. The minimum atomic E-state index is -0.113. The summed E-state index contributed by atoms with van der Waals surface area (Å²) in [5.41, 5.74) is 6.79. The Balaban J connectivity index is 1.40. The molecule has 1 amide bonds. The Morgan fingerprint density at radius 1 is 1.03 bits per heavy atom. The lowest BCUT2D eigenvalue weighted by molar-refractivity contribution is -0.113. The van der Waals surface area contributed by atoms with Crippen LogP contribution >= 0.6 is 23.1 Å². The minimum Gasteiger partial charge on any atom is -0.302 e. The van der Waals surface area contributed by atoms with E-state index < -0.39 is 0 Å². The summed E-state index contributed by atoms with van der Waals surface area (Å²) in [5, 5.41) is 15.0. The molecule has 8 heteroatoms. The smallest absolute Gasteiger partial charge is 0.236 e. The van der Waals surface area contributed by atoms with Crippen LogP contribution in [0.15, 0.2) is 53.0 Å². The second-order valence-electron chi connectivity index (χ2n) is 9.55. The van der Waals surface area contributed by atoms with Crippen LogP contribution in [0.1, 0.15) is 44.4 Å². The molecule has 0 saturated carbocycles. The lowest BCUT2D eigenvalue weighted by Gasteiger charge is -2.19. The van der Waals surface area contributed by atoms with Gasteiger partial charge in [-0.1, -0.05) is 68.9 Å². The van der Waals surface area contributed by atoms with Gasteiger partial charge in [-0.05, 0) is 48.9 Å². The van der Waals surface area contributed by atoms with Crippen LogP contribution in [0.3, 0.4) is 0 Å². The van der Waals surface area contributed by atoms with Gasteiger partial charge in [0.15, 0.2) is 16.1 Å². The van der Waals surface area contributed by atoms with E-state index in [0.29, 0.717) is 5.13 Å². The van der Waals surface area contributed by atoms with Gasteiger partial charge in [-0.15, -0.1) is 21.5 Å². The van der Waals surface area contributed by atoms with Gasteiger partial charge in [-0.3, -0.25) is 4.79 Å². The molecule has 1 N–H and O–H groups in total. The minimum absolute atomic E-state index is 0.0998. The Labute approximate surface area is 215 Å². The van der Waals surface area contributed by atoms with Crippen LogP contribution in [0, 0.1) is 13.8 Å². The normalized spacial score (nSPS) is 11.6. The molecule has 0 bridgehead atoms. The van der Waals surface area contributed by atoms with Gasteiger partial charge in [0.25, 0.3) is 0 Å². The number of anilines is 1. The van der Waals surface area contributed by atoms with Gasteiger partial charge >= 0.3 is 0 Å². The zero-order valence-electron chi connectivity index (χ0n) is 21.0. The standard InChI is InChI=1S/C27H31N5OS2/c1-7-32-24(19-10-12-21(13-11-19)27(4,5)6)30-31-26(32)35-16-23(33)29-25-28-22(15-34-25)20-9-8-17(2)18(3)14-20/h8-15H,7,16H2,1-6H3,(H,28,29,33). The Morgan fingerprint density at radius 3 is 2.40 bits per heavy atom. The van der Waals surface area contributed by atoms with E-state index >= 15 is 0 Å². The largest absolute Gasteiger partial charge is 0.302 e. The van der Waals surface area contributed by atoms with Gasteiger partial charge in [-0.2, -0.15) is 0 Å². The Hall–Kier alpha value is -2.97. The quantitative estimate of drug-likeness (QED) is 0.282. The maximum absolute atomic E-state index is 12.6. The number of hydrogen-bond donors (Lipinski definition) is 1. The van der Waals surface area contributed by atoms with Crippen molar-refractivity contribution in [3.8, 4) is 22.6 Å². The molecule has 0 unspecified atom stereocenters. The molecular weight excluding hydrogens is 474 g/mol. The van der Waals surface area contributed by atoms with Crippen molar-refractivity contribution in [1.29, 1.82) is 0 Å². The first-order valence-corrected chi connectivity index (χ1v) is 13.5. The molecule has 2 aromatic carbocycles. The van der Waals surface area contributed by atoms with Crippen molar-refractivity contribution in [2.24, 2.45) is 0 Å². The van der Waals surface area contributed by atoms with Crippen molar-refractivity contribution in [3.63, 3.8) is 0 Å². The number of nitrogens with one attached hydrogen (secondary N) is 1. The number of thioether (sulfide) groups is 1. The van der Waals surface area contributed by atoms with Gasteiger partial charge in [0.05, 0.1) is 11.4 Å². The summed E-state index contributed by atoms with van der Waals surface area (Å²) in [7, 11) is 0. The molecular formula is C27H31N5OS2. The first kappa shape index (κ1) is 25.1. The van der Waals surface area contributed by atoms with Gasteiger partial charge in [0.1, 0.15) is 0 Å². The molecule has 182 valence electrons. The van der Waals surface area contributed by atoms with E-state index in [0.717, 1.165) is 34.3 Å². The third-order valence-electron chi connectivity index (χ3n) is 5.93. The molecule has 2 heterocycles. The number of hydrogen-bond acceptors (Lipinski definition) is 6. The van der Waals surface area contributed by atoms with E-state index in [1.54, 1.807) is 0 Å². The van der Waals surface area contributed by atoms with Crippen LogP contribution < -0.4 is 5.32 Å². The summed E-state index contributed by atoms with van der Waals surface area (Å²) in [6.07, 6.45) is 0. The molecule has 0 fully saturated rings. The molecule has 4 aromatic rings. The summed E-state index contributed by atoms with van der Waals surface area (Å²) in [4.78, 5) is 17.2. The lowest BCUT2D eigenvalue weighted by Crippen LogP contribution is -2.14. The number of aromatic nitrogens is 4. The lowest BCUT2D eigenvalue weighted by atomic mass is 9.87. The first-order chi connectivity index (χ1) is 16.7. The van der Waals surface area contributed by atoms with E-state index in [-0.39, 0.29) is 17.1 Å². The van der Waals surface area contributed by atoms with Crippen LogP contribution in [-0.4, -0.2) is 31.4 Å². The molecule has 4 rings (SSSR count). The summed E-state index contributed by atoms with van der Waals surface area (Å²) < 4.78 is 2.05. The molecule has 0 aliphatic heterocycles. The van der Waals surface area contributed by atoms with Crippen LogP contribution in [0.25, 0.3) is 22.6 Å². The average molecular weight is 506 g/mol. The Morgan fingerprint density at radius 2 is 1.74 bits per heavy atom. The van der Waals surface area contributed by atoms with Crippen LogP contribution in [0.2, 0.25) is 0 Å². The second-order valence-corrected chi connectivity index (χ2v) is 11.4. The monoisotopic (exact) mass is 505 g/mol. The fourth-order valence-corrected chi connectivity index (χ4v) is 5.20. The van der Waals surface area contributed by atoms with E-state index in [9.17, 15) is 4.79 Å². The van der Waals surface area contributed by atoms with Gasteiger partial charge < -0.3 is 9.88 Å². The molecule has 0 aliphatic rings. The molecule has 35 heavy (non-hydrogen) atoms. The average Bonchev–Trinajstić information content (AvgIpc) is 3.46. The number of carbonyl (C=O) groups excluding carboxylic acids is 1. The number of nitrogens with zero attached hydrogens (tertiary/aromatic N) is 4. The number of carbonyl (C=O) groups is 1. The number of amides is 1. The summed E-state index contributed by atoms with van der Waals surface area (Å²) >= 11 is 2.81. The Kier molecular flexibility index (Phi) is 7.42. The zero-order valence-corrected chi connectivity index (χ0v) is 22.7. The fraction of sp³-hybridized carbons (Fsp3) is 0.333. The Bertz CT molecular complexity index is 1330. The fourth-order valence-electron chi connectivity index (χ4n) is 3.66. The molecule has 0 aliphatic carbocycles. The predicted molar refractivity (Wildman–Crippen MR) is 146 cm³/mol. The number of rotatable bonds is 7. The molecule has 0 spiro atoms. The van der Waals surface area contributed by atoms with Crippen molar-refractivity contribution in [1.82, 2.24) is 19.7 Å². The van der Waals surface area contributed by atoms with Crippen molar-refractivity contribution >= 4 is 34.1 Å². The summed E-state index contributed by atoms with van der Waals surface area (Å²) in [5.74, 6) is 0.936. The predicted octanol–water partition coefficient (Wildman–Crippen LogP) is 6.73. The van der Waals surface area contributed by atoms with E-state index in [4.69, 9.17) is 0 Å². The maximum Gasteiger partial charge on any atom is 0.236 e. The highest BCUT2D eigenvalue weighted by molar-refractivity contribution is 7.99. The molecule has 0 saturated heterocycles. The number of thiazole rings is 1. The third-order valence-corrected chi connectivity index (χ3v) is 7.65. The highest BCUT2D eigenvalue weighted by atomic mass is 32.2. The number of aryl methyl sites for hydroxylation is 2. The van der Waals surface area contributed by atoms with E-state index in [2.05, 4.69) is 105 Å². The van der Waals surface area contributed by atoms with Crippen molar-refractivity contribution < 1.29 is 4.79 Å². The van der Waals surface area contributed by atoms with Gasteiger partial charge in [-0.25, -0.2) is 4.98 Å². The SMILES string of the molecule is CCn1c(SCC(=O)Nc2nc(-c3ccc(C)c(C)c3)cs2)nnc1-c1ccc(C(C)(C)C)cc1. The highest BCUT2D eigenvalue weighted by Gasteiger charge is 2.17. The summed E-state index contributed by atoms with van der Waals surface area (Å²) in [6.45, 7) is 13.6. The molecule has 0 radical (unpaired) electrons. The molecule has 2 aromatic heterocycles. The van der Waals surface area contributed by atoms with Crippen LogP contribution in [-0.2, 0) is 16.8 Å². The third kappa shape index (κ3) is 5.82. The maximum atomic E-state index is 12.6. The second kappa shape index (κ2) is 10.3. The van der Waals surface area contributed by atoms with Gasteiger partial charge in [0, 0.05) is 23.1 Å². The highest BCUT2D eigenvalue weighted by Crippen LogP contribution is 2.29. The number of benzene rings is 2. The topological polar surface area (TPSA) is 72.7 Å². The van der Waals surface area contributed by atoms with E-state index in [1.165, 1.54) is 39.8 Å². The van der Waals surface area contributed by atoms with E-state index in [1.807, 2.05) is 9.95 Å². The van der Waals surface area contributed by atoms with Crippen LogP contribution in [0.5, 0.6) is 0 Å². The van der Waals surface area contributed by atoms with Crippen molar-refractivity contribution in [2.45, 2.75) is 58.7 Å². The first-order valence-electron chi connectivity index (χ1n) is 11.7. The summed E-state index contributed by atoms with van der Waals surface area (Å²) in [6, 6.07) is 14.7. The molecule has 6 nitrogen and oxygen atoms in total. The van der Waals surface area contributed by atoms with Crippen molar-refractivity contribution in [3.05, 3.63) is 64.5 Å². The molecule has 0 atom stereocenters. The van der Waals surface area contributed by atoms with Crippen molar-refractivity contribution in [2.75, 3.05) is 11.1 Å². The van der Waals surface area contributed by atoms with Crippen LogP contribution in [0.4, 0.5) is 5.13 Å².